The Balaban J connectivity index is 2.63. The second kappa shape index (κ2) is 5.99. The first-order valence-corrected chi connectivity index (χ1v) is 6.84. The van der Waals surface area contributed by atoms with Gasteiger partial charge in [-0.1, -0.05) is 6.92 Å². The number of hydrogen-bond acceptors (Lipinski definition) is 5. The van der Waals surface area contributed by atoms with E-state index in [0.717, 1.165) is 12.0 Å². The van der Waals surface area contributed by atoms with Crippen molar-refractivity contribution in [2.45, 2.75) is 33.6 Å². The largest absolute Gasteiger partial charge is 0.550 e. The van der Waals surface area contributed by atoms with Crippen LogP contribution in [0.3, 0.4) is 0 Å². The van der Waals surface area contributed by atoms with E-state index in [4.69, 9.17) is 9.15 Å². The van der Waals surface area contributed by atoms with Crippen LogP contribution in [0.25, 0.3) is 11.0 Å². The van der Waals surface area contributed by atoms with Crippen LogP contribution < -0.4 is 15.5 Å². The molecule has 0 N–H and O–H groups in total. The Hall–Kier alpha value is -2.30. The summed E-state index contributed by atoms with van der Waals surface area (Å²) in [5, 5.41) is 11.5. The highest BCUT2D eigenvalue weighted by atomic mass is 16.5. The standard InChI is InChI=1S/C16H18O5/c1-4-7-20-13-6-5-11-9(2)12(8-14(17)18)16(19)21-15(11)10(13)3/h5-6H,4,7-8H2,1-3H3,(H,17,18)/p-1. The van der Waals surface area contributed by atoms with Crippen LogP contribution in [0, 0.1) is 13.8 Å². The van der Waals surface area contributed by atoms with Gasteiger partial charge in [0.15, 0.2) is 0 Å². The number of carboxylic acids is 1. The monoisotopic (exact) mass is 289 g/mol. The van der Waals surface area contributed by atoms with Crippen molar-refractivity contribution >= 4 is 16.9 Å². The first-order valence-electron chi connectivity index (χ1n) is 6.84. The van der Waals surface area contributed by atoms with Crippen LogP contribution in [-0.2, 0) is 11.2 Å². The molecule has 112 valence electrons. The third-order valence-electron chi connectivity index (χ3n) is 3.44. The minimum absolute atomic E-state index is 0.129. The van der Waals surface area contributed by atoms with Gasteiger partial charge in [-0.2, -0.15) is 0 Å². The Morgan fingerprint density at radius 2 is 2.00 bits per heavy atom. The number of carbonyl (C=O) groups excluding carboxylic acids is 1. The SMILES string of the molecule is CCCOc1ccc2c(C)c(CC(=O)[O-])c(=O)oc2c1C. The number of aryl methyl sites for hydroxylation is 2. The van der Waals surface area contributed by atoms with Crippen LogP contribution in [0.5, 0.6) is 5.75 Å². The van der Waals surface area contributed by atoms with Gasteiger partial charge in [-0.3, -0.25) is 0 Å². The normalized spacial score (nSPS) is 10.8. The fourth-order valence-electron chi connectivity index (χ4n) is 2.29. The number of aliphatic carboxylic acids is 1. The summed E-state index contributed by atoms with van der Waals surface area (Å²) in [6.45, 7) is 6.11. The molecule has 1 aromatic carbocycles. The molecule has 21 heavy (non-hydrogen) atoms. The van der Waals surface area contributed by atoms with Gasteiger partial charge in [0.2, 0.25) is 0 Å². The van der Waals surface area contributed by atoms with Gasteiger partial charge in [-0.15, -0.1) is 0 Å². The molecule has 1 aromatic heterocycles. The lowest BCUT2D eigenvalue weighted by Gasteiger charge is -2.13. The smallest absolute Gasteiger partial charge is 0.340 e. The molecule has 0 unspecified atom stereocenters. The average molecular weight is 289 g/mol. The Morgan fingerprint density at radius 1 is 1.29 bits per heavy atom. The fraction of sp³-hybridized carbons (Fsp3) is 0.375. The maximum atomic E-state index is 12.0. The highest BCUT2D eigenvalue weighted by molar-refractivity contribution is 5.86. The van der Waals surface area contributed by atoms with E-state index in [0.29, 0.717) is 28.9 Å². The summed E-state index contributed by atoms with van der Waals surface area (Å²) in [6, 6.07) is 3.59. The van der Waals surface area contributed by atoms with E-state index in [2.05, 4.69) is 0 Å². The maximum absolute atomic E-state index is 12.0. The van der Waals surface area contributed by atoms with Crippen LogP contribution in [0.15, 0.2) is 21.3 Å². The first-order chi connectivity index (χ1) is 9.95. The van der Waals surface area contributed by atoms with Crippen molar-refractivity contribution in [3.63, 3.8) is 0 Å². The van der Waals surface area contributed by atoms with Gasteiger partial charge in [0.05, 0.1) is 6.61 Å². The first kappa shape index (κ1) is 15.1. The van der Waals surface area contributed by atoms with Gasteiger partial charge in [0.1, 0.15) is 11.3 Å². The Bertz CT molecular complexity index is 742. The van der Waals surface area contributed by atoms with Gasteiger partial charge in [0, 0.05) is 28.9 Å². The van der Waals surface area contributed by atoms with Crippen LogP contribution in [0.2, 0.25) is 0 Å². The van der Waals surface area contributed by atoms with Gasteiger partial charge >= 0.3 is 5.63 Å². The number of carbonyl (C=O) groups is 1. The van der Waals surface area contributed by atoms with Gasteiger partial charge in [-0.05, 0) is 38.0 Å². The van der Waals surface area contributed by atoms with Crippen molar-refractivity contribution in [2.24, 2.45) is 0 Å². The van der Waals surface area contributed by atoms with E-state index in [1.807, 2.05) is 19.9 Å². The zero-order valence-corrected chi connectivity index (χ0v) is 12.3. The predicted octanol–water partition coefficient (Wildman–Crippen LogP) is 1.49. The molecule has 0 spiro atoms. The molecule has 0 atom stereocenters. The van der Waals surface area contributed by atoms with E-state index in [1.54, 1.807) is 13.0 Å². The summed E-state index contributed by atoms with van der Waals surface area (Å²) in [6.07, 6.45) is 0.433. The number of fused-ring (bicyclic) bond motifs is 1. The highest BCUT2D eigenvalue weighted by Gasteiger charge is 2.15. The molecule has 0 aliphatic carbocycles. The molecule has 0 saturated carbocycles. The van der Waals surface area contributed by atoms with Crippen LogP contribution in [-0.4, -0.2) is 12.6 Å². The third-order valence-corrected chi connectivity index (χ3v) is 3.44. The van der Waals surface area contributed by atoms with E-state index in [9.17, 15) is 14.7 Å². The highest BCUT2D eigenvalue weighted by Crippen LogP contribution is 2.29. The molecule has 0 fully saturated rings. The number of hydrogen-bond donors (Lipinski definition) is 0. The molecule has 0 saturated heterocycles. The second-order valence-electron chi connectivity index (χ2n) is 4.96. The topological polar surface area (TPSA) is 79.6 Å². The van der Waals surface area contributed by atoms with Crippen LogP contribution >= 0.6 is 0 Å². The summed E-state index contributed by atoms with van der Waals surface area (Å²) < 4.78 is 10.9. The van der Waals surface area contributed by atoms with Crippen molar-refractivity contribution in [2.75, 3.05) is 6.61 Å². The molecular weight excluding hydrogens is 272 g/mol. The minimum Gasteiger partial charge on any atom is -0.550 e. The Labute approximate surface area is 122 Å². The molecule has 2 rings (SSSR count). The molecule has 0 radical (unpaired) electrons. The van der Waals surface area contributed by atoms with Crippen molar-refractivity contribution in [3.8, 4) is 5.75 Å². The van der Waals surface area contributed by atoms with Crippen molar-refractivity contribution < 1.29 is 19.1 Å². The van der Waals surface area contributed by atoms with E-state index >= 15 is 0 Å². The molecular formula is C16H17O5-. The lowest BCUT2D eigenvalue weighted by atomic mass is 10.0. The molecule has 2 aromatic rings. The average Bonchev–Trinajstić information content (AvgIpc) is 2.43. The predicted molar refractivity (Wildman–Crippen MR) is 76.5 cm³/mol. The van der Waals surface area contributed by atoms with Crippen molar-refractivity contribution in [3.05, 3.63) is 39.2 Å². The molecule has 0 bridgehead atoms. The van der Waals surface area contributed by atoms with Gasteiger partial charge in [-0.25, -0.2) is 4.79 Å². The number of rotatable bonds is 5. The molecule has 0 aliphatic rings. The second-order valence-corrected chi connectivity index (χ2v) is 4.96. The van der Waals surface area contributed by atoms with E-state index in [-0.39, 0.29) is 5.56 Å². The fourth-order valence-corrected chi connectivity index (χ4v) is 2.29. The minimum atomic E-state index is -1.30. The van der Waals surface area contributed by atoms with Gasteiger partial charge in [0.25, 0.3) is 0 Å². The third kappa shape index (κ3) is 2.91. The Morgan fingerprint density at radius 3 is 2.62 bits per heavy atom. The van der Waals surface area contributed by atoms with Crippen molar-refractivity contribution in [1.82, 2.24) is 0 Å². The summed E-state index contributed by atoms with van der Waals surface area (Å²) in [5.41, 5.74) is 1.27. The zero-order chi connectivity index (χ0) is 15.6. The Kier molecular flexibility index (Phi) is 4.31. The summed E-state index contributed by atoms with van der Waals surface area (Å²) in [4.78, 5) is 22.7. The molecule has 0 amide bonds. The van der Waals surface area contributed by atoms with Crippen LogP contribution in [0.4, 0.5) is 0 Å². The summed E-state index contributed by atoms with van der Waals surface area (Å²) in [7, 11) is 0. The van der Waals surface area contributed by atoms with E-state index < -0.39 is 18.0 Å². The van der Waals surface area contributed by atoms with Gasteiger partial charge < -0.3 is 19.1 Å². The zero-order valence-electron chi connectivity index (χ0n) is 12.3. The number of ether oxygens (including phenoxy) is 1. The molecule has 5 heteroatoms. The molecule has 0 aliphatic heterocycles. The quantitative estimate of drug-likeness (QED) is 0.779. The lowest BCUT2D eigenvalue weighted by molar-refractivity contribution is -0.304. The number of carboxylic acid groups (broad SMARTS) is 1. The van der Waals surface area contributed by atoms with Crippen molar-refractivity contribution in [1.29, 1.82) is 0 Å². The van der Waals surface area contributed by atoms with Crippen LogP contribution in [0.1, 0.15) is 30.0 Å². The molecule has 1 heterocycles. The lowest BCUT2D eigenvalue weighted by Crippen LogP contribution is -2.27. The maximum Gasteiger partial charge on any atom is 0.340 e. The molecule has 5 nitrogen and oxygen atoms in total. The summed E-state index contributed by atoms with van der Waals surface area (Å²) in [5.74, 6) is -0.635. The summed E-state index contributed by atoms with van der Waals surface area (Å²) >= 11 is 0. The number of benzene rings is 1. The van der Waals surface area contributed by atoms with E-state index in [1.165, 1.54) is 0 Å².